The lowest BCUT2D eigenvalue weighted by atomic mass is 10.1. The first-order chi connectivity index (χ1) is 6.74. The van der Waals surface area contributed by atoms with E-state index in [2.05, 4.69) is 0 Å². The smallest absolute Gasteiger partial charge is 0.122 e. The fourth-order valence-corrected chi connectivity index (χ4v) is 2.09. The average molecular weight is 192 g/mol. The van der Waals surface area contributed by atoms with Crippen molar-refractivity contribution in [2.24, 2.45) is 5.73 Å². The standard InChI is InChI=1S/C11H16N2O/c1-2-14-10-6-5-9(13)11-7(10)3-4-8(11)12/h5-6,8H,2-4,12-13H2,1H3/t8-/m0/s1. The van der Waals surface area contributed by atoms with Crippen molar-refractivity contribution in [3.63, 3.8) is 0 Å². The molecular weight excluding hydrogens is 176 g/mol. The Hall–Kier alpha value is -1.22. The summed E-state index contributed by atoms with van der Waals surface area (Å²) in [5, 5.41) is 0. The predicted octanol–water partition coefficient (Wildman–Crippen LogP) is 1.61. The van der Waals surface area contributed by atoms with Crippen LogP contribution in [0.5, 0.6) is 5.75 Å². The molecule has 0 fully saturated rings. The van der Waals surface area contributed by atoms with E-state index in [4.69, 9.17) is 16.2 Å². The second-order valence-electron chi connectivity index (χ2n) is 3.62. The molecule has 0 aliphatic heterocycles. The summed E-state index contributed by atoms with van der Waals surface area (Å²) in [5.74, 6) is 0.949. The molecule has 3 heteroatoms. The van der Waals surface area contributed by atoms with E-state index in [9.17, 15) is 0 Å². The van der Waals surface area contributed by atoms with Crippen LogP contribution in [-0.4, -0.2) is 6.61 Å². The number of hydrogen-bond acceptors (Lipinski definition) is 3. The van der Waals surface area contributed by atoms with Crippen LogP contribution in [0.25, 0.3) is 0 Å². The number of fused-ring (bicyclic) bond motifs is 1. The quantitative estimate of drug-likeness (QED) is 0.700. The van der Waals surface area contributed by atoms with Gasteiger partial charge < -0.3 is 16.2 Å². The number of ether oxygens (including phenoxy) is 1. The van der Waals surface area contributed by atoms with E-state index in [1.807, 2.05) is 19.1 Å². The van der Waals surface area contributed by atoms with Crippen LogP contribution in [0, 0.1) is 0 Å². The molecule has 0 heterocycles. The van der Waals surface area contributed by atoms with E-state index in [0.29, 0.717) is 6.61 Å². The summed E-state index contributed by atoms with van der Waals surface area (Å²) in [4.78, 5) is 0. The minimum atomic E-state index is 0.0883. The molecule has 1 aliphatic carbocycles. The second-order valence-corrected chi connectivity index (χ2v) is 3.62. The maximum Gasteiger partial charge on any atom is 0.122 e. The highest BCUT2D eigenvalue weighted by Gasteiger charge is 2.24. The molecule has 0 radical (unpaired) electrons. The van der Waals surface area contributed by atoms with Crippen LogP contribution < -0.4 is 16.2 Å². The van der Waals surface area contributed by atoms with Gasteiger partial charge in [-0.1, -0.05) is 0 Å². The van der Waals surface area contributed by atoms with Gasteiger partial charge in [-0.2, -0.15) is 0 Å². The lowest BCUT2D eigenvalue weighted by molar-refractivity contribution is 0.337. The summed E-state index contributed by atoms with van der Waals surface area (Å²) < 4.78 is 5.54. The van der Waals surface area contributed by atoms with Gasteiger partial charge in [0.15, 0.2) is 0 Å². The largest absolute Gasteiger partial charge is 0.494 e. The molecule has 3 nitrogen and oxygen atoms in total. The molecule has 2 rings (SSSR count). The molecule has 1 aromatic rings. The third-order valence-electron chi connectivity index (χ3n) is 2.72. The van der Waals surface area contributed by atoms with E-state index < -0.39 is 0 Å². The minimum absolute atomic E-state index is 0.0883. The highest BCUT2D eigenvalue weighted by atomic mass is 16.5. The summed E-state index contributed by atoms with van der Waals surface area (Å²) in [5.41, 5.74) is 15.0. The lowest BCUT2D eigenvalue weighted by Gasteiger charge is -2.12. The van der Waals surface area contributed by atoms with Gasteiger partial charge in [-0.25, -0.2) is 0 Å². The maximum atomic E-state index is 5.98. The van der Waals surface area contributed by atoms with Gasteiger partial charge in [-0.15, -0.1) is 0 Å². The van der Waals surface area contributed by atoms with Crippen LogP contribution in [0.3, 0.4) is 0 Å². The van der Waals surface area contributed by atoms with Gasteiger partial charge in [-0.3, -0.25) is 0 Å². The van der Waals surface area contributed by atoms with Crippen LogP contribution in [-0.2, 0) is 6.42 Å². The van der Waals surface area contributed by atoms with Crippen LogP contribution in [0.2, 0.25) is 0 Å². The van der Waals surface area contributed by atoms with E-state index in [1.54, 1.807) is 0 Å². The Morgan fingerprint density at radius 1 is 1.50 bits per heavy atom. The van der Waals surface area contributed by atoms with Crippen molar-refractivity contribution in [3.05, 3.63) is 23.3 Å². The van der Waals surface area contributed by atoms with Crippen molar-refractivity contribution >= 4 is 5.69 Å². The van der Waals surface area contributed by atoms with Crippen molar-refractivity contribution < 1.29 is 4.74 Å². The van der Waals surface area contributed by atoms with Crippen molar-refractivity contribution in [1.29, 1.82) is 0 Å². The fraction of sp³-hybridized carbons (Fsp3) is 0.455. The van der Waals surface area contributed by atoms with Gasteiger partial charge in [0.2, 0.25) is 0 Å². The number of hydrogen-bond donors (Lipinski definition) is 2. The first kappa shape index (κ1) is 9.34. The van der Waals surface area contributed by atoms with Gasteiger partial charge >= 0.3 is 0 Å². The van der Waals surface area contributed by atoms with Gasteiger partial charge in [0.25, 0.3) is 0 Å². The van der Waals surface area contributed by atoms with Crippen molar-refractivity contribution in [1.82, 2.24) is 0 Å². The SMILES string of the molecule is CCOc1ccc(N)c2c1CC[C@@H]2N. The Labute approximate surface area is 84.0 Å². The fourth-order valence-electron chi connectivity index (χ4n) is 2.09. The third-order valence-corrected chi connectivity index (χ3v) is 2.72. The highest BCUT2D eigenvalue weighted by Crippen LogP contribution is 2.39. The van der Waals surface area contributed by atoms with E-state index in [0.717, 1.165) is 29.8 Å². The number of benzene rings is 1. The summed E-state index contributed by atoms with van der Waals surface area (Å²) in [7, 11) is 0. The topological polar surface area (TPSA) is 61.3 Å². The molecule has 0 bridgehead atoms. The van der Waals surface area contributed by atoms with Gasteiger partial charge in [0, 0.05) is 17.3 Å². The van der Waals surface area contributed by atoms with E-state index in [-0.39, 0.29) is 6.04 Å². The molecule has 1 aromatic carbocycles. The van der Waals surface area contributed by atoms with Crippen LogP contribution in [0.4, 0.5) is 5.69 Å². The molecule has 0 saturated heterocycles. The van der Waals surface area contributed by atoms with Crippen molar-refractivity contribution in [3.8, 4) is 5.75 Å². The van der Waals surface area contributed by atoms with Crippen LogP contribution in [0.1, 0.15) is 30.5 Å². The predicted molar refractivity (Wildman–Crippen MR) is 57.3 cm³/mol. The number of nitrogen functional groups attached to an aromatic ring is 1. The lowest BCUT2D eigenvalue weighted by Crippen LogP contribution is -2.08. The van der Waals surface area contributed by atoms with E-state index in [1.165, 1.54) is 5.56 Å². The zero-order chi connectivity index (χ0) is 10.1. The van der Waals surface area contributed by atoms with Gasteiger partial charge in [-0.05, 0) is 37.5 Å². The first-order valence-electron chi connectivity index (χ1n) is 5.03. The van der Waals surface area contributed by atoms with Crippen LogP contribution in [0.15, 0.2) is 12.1 Å². The molecule has 0 unspecified atom stereocenters. The monoisotopic (exact) mass is 192 g/mol. The molecule has 0 saturated carbocycles. The Kier molecular flexibility index (Phi) is 2.33. The molecular formula is C11H16N2O. The Morgan fingerprint density at radius 3 is 3.00 bits per heavy atom. The summed E-state index contributed by atoms with van der Waals surface area (Å²) in [6.07, 6.45) is 1.96. The molecule has 0 aromatic heterocycles. The number of anilines is 1. The summed E-state index contributed by atoms with van der Waals surface area (Å²) in [6.45, 7) is 2.67. The normalized spacial score (nSPS) is 19.4. The molecule has 0 amide bonds. The van der Waals surface area contributed by atoms with Crippen molar-refractivity contribution in [2.75, 3.05) is 12.3 Å². The molecule has 0 spiro atoms. The van der Waals surface area contributed by atoms with Crippen molar-refractivity contribution in [2.45, 2.75) is 25.8 Å². The Bertz CT molecular complexity index is 349. The van der Waals surface area contributed by atoms with Gasteiger partial charge in [0.1, 0.15) is 5.75 Å². The summed E-state index contributed by atoms with van der Waals surface area (Å²) in [6, 6.07) is 3.91. The Balaban J connectivity index is 2.47. The average Bonchev–Trinajstić information content (AvgIpc) is 2.54. The molecule has 14 heavy (non-hydrogen) atoms. The van der Waals surface area contributed by atoms with Crippen LogP contribution >= 0.6 is 0 Å². The zero-order valence-corrected chi connectivity index (χ0v) is 8.42. The van der Waals surface area contributed by atoms with Gasteiger partial charge in [0.05, 0.1) is 6.61 Å². The number of rotatable bonds is 2. The highest BCUT2D eigenvalue weighted by molar-refractivity contribution is 5.59. The van der Waals surface area contributed by atoms with E-state index >= 15 is 0 Å². The molecule has 1 aliphatic rings. The first-order valence-corrected chi connectivity index (χ1v) is 5.03. The number of nitrogens with two attached hydrogens (primary N) is 2. The second kappa shape index (κ2) is 3.50. The Morgan fingerprint density at radius 2 is 2.29 bits per heavy atom. The maximum absolute atomic E-state index is 5.98. The molecule has 4 N–H and O–H groups in total. The molecule has 76 valence electrons. The summed E-state index contributed by atoms with van der Waals surface area (Å²) >= 11 is 0. The minimum Gasteiger partial charge on any atom is -0.494 e. The third kappa shape index (κ3) is 1.34. The molecule has 1 atom stereocenters. The zero-order valence-electron chi connectivity index (χ0n) is 8.42.